The maximum absolute atomic E-state index is 14.0. The highest BCUT2D eigenvalue weighted by molar-refractivity contribution is 7.38. The first kappa shape index (κ1) is 23.0. The molecule has 160 valence electrons. The number of carbonyl (C=O) groups is 2. The van der Waals surface area contributed by atoms with Crippen LogP contribution in [0.25, 0.3) is 0 Å². The van der Waals surface area contributed by atoms with Crippen LogP contribution in [-0.2, 0) is 18.8 Å². The van der Waals surface area contributed by atoms with Crippen LogP contribution in [0.1, 0.15) is 70.6 Å². The van der Waals surface area contributed by atoms with Crippen molar-refractivity contribution in [3.8, 4) is 0 Å². The molecule has 0 aromatic carbocycles. The number of alkyl halides is 1. The number of halogens is 1. The summed E-state index contributed by atoms with van der Waals surface area (Å²) in [6, 6.07) is 0. The van der Waals surface area contributed by atoms with E-state index in [4.69, 9.17) is 14.4 Å². The lowest BCUT2D eigenvalue weighted by Crippen LogP contribution is -2.33. The molecule has 2 fully saturated rings. The lowest BCUT2D eigenvalue weighted by molar-refractivity contribution is -0.158. The maximum atomic E-state index is 14.0. The van der Waals surface area contributed by atoms with Crippen molar-refractivity contribution in [2.24, 2.45) is 17.8 Å². The van der Waals surface area contributed by atoms with Crippen LogP contribution in [0.4, 0.5) is 9.18 Å². The molecule has 1 amide bonds. The van der Waals surface area contributed by atoms with Gasteiger partial charge in [0.25, 0.3) is 0 Å². The van der Waals surface area contributed by atoms with E-state index < -0.39 is 27.2 Å². The zero-order chi connectivity index (χ0) is 20.4. The van der Waals surface area contributed by atoms with Gasteiger partial charge in [-0.2, -0.15) is 4.89 Å². The lowest BCUT2D eigenvalue weighted by Gasteiger charge is -2.27. The van der Waals surface area contributed by atoms with E-state index in [9.17, 15) is 18.5 Å². The number of hydrogen-bond acceptors (Lipinski definition) is 5. The van der Waals surface area contributed by atoms with Crippen molar-refractivity contribution in [2.45, 2.75) is 76.9 Å². The van der Waals surface area contributed by atoms with Crippen LogP contribution in [0, 0.1) is 17.8 Å². The molecular formula is C19H32FNO6P+. The van der Waals surface area contributed by atoms with E-state index in [1.807, 2.05) is 0 Å². The van der Waals surface area contributed by atoms with E-state index in [1.54, 1.807) is 0 Å². The van der Waals surface area contributed by atoms with Crippen molar-refractivity contribution in [3.63, 3.8) is 0 Å². The highest BCUT2D eigenvalue weighted by Crippen LogP contribution is 2.36. The minimum Gasteiger partial charge on any atom is -0.428 e. The van der Waals surface area contributed by atoms with E-state index in [-0.39, 0.29) is 24.2 Å². The van der Waals surface area contributed by atoms with Crippen LogP contribution in [-0.4, -0.2) is 36.2 Å². The van der Waals surface area contributed by atoms with Crippen molar-refractivity contribution in [2.75, 3.05) is 13.0 Å². The molecular weight excluding hydrogens is 388 g/mol. The fraction of sp³-hybridized carbons (Fsp3) is 0.895. The third-order valence-corrected chi connectivity index (χ3v) is 6.57. The van der Waals surface area contributed by atoms with Gasteiger partial charge in [0.15, 0.2) is 12.5 Å². The Bertz CT molecular complexity index is 529. The van der Waals surface area contributed by atoms with Crippen LogP contribution in [0.2, 0.25) is 0 Å². The molecule has 0 aliphatic heterocycles. The molecule has 0 bridgehead atoms. The average Bonchev–Trinajstić information content (AvgIpc) is 2.67. The summed E-state index contributed by atoms with van der Waals surface area (Å²) in [7, 11) is -2.12. The largest absolute Gasteiger partial charge is 0.505 e. The van der Waals surface area contributed by atoms with Gasteiger partial charge in [-0.1, -0.05) is 32.1 Å². The molecule has 0 heterocycles. The van der Waals surface area contributed by atoms with Gasteiger partial charge < -0.3 is 9.47 Å². The van der Waals surface area contributed by atoms with E-state index in [2.05, 4.69) is 5.32 Å². The predicted molar refractivity (Wildman–Crippen MR) is 101 cm³/mol. The van der Waals surface area contributed by atoms with Gasteiger partial charge >= 0.3 is 20.1 Å². The van der Waals surface area contributed by atoms with Crippen LogP contribution >= 0.6 is 8.03 Å². The summed E-state index contributed by atoms with van der Waals surface area (Å²) in [4.78, 5) is 32.5. The molecule has 4 unspecified atom stereocenters. The first-order valence-corrected chi connectivity index (χ1v) is 11.7. The average molecular weight is 420 g/mol. The monoisotopic (exact) mass is 420 g/mol. The van der Waals surface area contributed by atoms with Crippen molar-refractivity contribution < 1.29 is 32.9 Å². The van der Waals surface area contributed by atoms with Crippen LogP contribution in [0.5, 0.6) is 0 Å². The summed E-state index contributed by atoms with van der Waals surface area (Å²) in [5, 5.41) is 2.11. The summed E-state index contributed by atoms with van der Waals surface area (Å²) in [5.74, 6) is 0.0434. The minimum absolute atomic E-state index is 0.127. The predicted octanol–water partition coefficient (Wildman–Crippen LogP) is 4.41. The number of carbonyl (C=O) groups excluding carboxylic acids is 2. The number of ether oxygens (including phenoxy) is 2. The fourth-order valence-electron chi connectivity index (χ4n) is 4.27. The number of esters is 1. The molecule has 0 radical (unpaired) electrons. The van der Waals surface area contributed by atoms with Gasteiger partial charge in [0.05, 0.1) is 5.92 Å². The Balaban J connectivity index is 1.56. The molecule has 0 saturated heterocycles. The van der Waals surface area contributed by atoms with Gasteiger partial charge in [-0.05, 0) is 49.0 Å². The zero-order valence-corrected chi connectivity index (χ0v) is 17.2. The normalized spacial score (nSPS) is 24.9. The molecule has 2 aliphatic carbocycles. The van der Waals surface area contributed by atoms with Crippen molar-refractivity contribution >= 4 is 20.1 Å². The maximum Gasteiger partial charge on any atom is 0.505 e. The highest BCUT2D eigenvalue weighted by atomic mass is 31.1. The zero-order valence-electron chi connectivity index (χ0n) is 16.3. The van der Waals surface area contributed by atoms with Gasteiger partial charge in [-0.25, -0.2) is 9.18 Å². The smallest absolute Gasteiger partial charge is 0.428 e. The molecule has 2 aliphatic rings. The lowest BCUT2D eigenvalue weighted by atomic mass is 9.80. The molecule has 0 aromatic rings. The van der Waals surface area contributed by atoms with Gasteiger partial charge in [0, 0.05) is 5.92 Å². The second-order valence-electron chi connectivity index (χ2n) is 7.97. The summed E-state index contributed by atoms with van der Waals surface area (Å²) in [6.07, 6.45) is 7.09. The molecule has 2 N–H and O–H groups in total. The van der Waals surface area contributed by atoms with Crippen molar-refractivity contribution in [3.05, 3.63) is 0 Å². The second-order valence-corrected chi connectivity index (χ2v) is 9.04. The summed E-state index contributed by atoms with van der Waals surface area (Å²) < 4.78 is 34.6. The second kappa shape index (κ2) is 12.3. The summed E-state index contributed by atoms with van der Waals surface area (Å²) >= 11 is 0. The molecule has 0 aromatic heterocycles. The van der Waals surface area contributed by atoms with Crippen LogP contribution in [0.3, 0.4) is 0 Å². The molecule has 7 nitrogen and oxygen atoms in total. The van der Waals surface area contributed by atoms with E-state index in [0.717, 1.165) is 57.8 Å². The number of amides is 1. The summed E-state index contributed by atoms with van der Waals surface area (Å²) in [6.45, 7) is -0.502. The quantitative estimate of drug-likeness (QED) is 0.248. The fourth-order valence-corrected chi connectivity index (χ4v) is 5.05. The van der Waals surface area contributed by atoms with E-state index in [0.29, 0.717) is 18.5 Å². The van der Waals surface area contributed by atoms with Crippen molar-refractivity contribution in [1.82, 2.24) is 5.32 Å². The Morgan fingerprint density at radius 1 is 1.07 bits per heavy atom. The molecule has 28 heavy (non-hydrogen) atoms. The summed E-state index contributed by atoms with van der Waals surface area (Å²) in [5.41, 5.74) is 0. The Kier molecular flexibility index (Phi) is 10.1. The topological polar surface area (TPSA) is 102 Å². The number of nitrogens with one attached hydrogen (secondary N) is 1. The van der Waals surface area contributed by atoms with Gasteiger partial charge in [0.2, 0.25) is 6.79 Å². The number of alkyl carbamates (subject to hydrolysis) is 1. The molecule has 2 rings (SSSR count). The van der Waals surface area contributed by atoms with E-state index >= 15 is 0 Å². The Hall–Kier alpha value is -1.27. The van der Waals surface area contributed by atoms with Crippen LogP contribution < -0.4 is 5.32 Å². The third-order valence-electron chi connectivity index (χ3n) is 5.74. The molecule has 9 heteroatoms. The standard InChI is InChI=1S/C19H31FNO6P/c20-17(10-9-14-5-4-6-15(11-14)12-28(24)25)21-19(23)27-13-26-18(22)16-7-2-1-3-8-16/h14-17H,1-13H2,(H-,21,23,24,25)/p+1. The number of rotatable bonds is 9. The molecule has 2 saturated carbocycles. The highest BCUT2D eigenvalue weighted by Gasteiger charge is 2.29. The third kappa shape index (κ3) is 8.82. The first-order chi connectivity index (χ1) is 13.4. The number of hydrogen-bond donors (Lipinski definition) is 2. The van der Waals surface area contributed by atoms with Gasteiger partial charge in [0.1, 0.15) is 0 Å². The van der Waals surface area contributed by atoms with Gasteiger partial charge in [-0.15, -0.1) is 0 Å². The Labute approximate surface area is 166 Å². The molecule has 0 spiro atoms. The van der Waals surface area contributed by atoms with Gasteiger partial charge in [-0.3, -0.25) is 10.1 Å². The van der Waals surface area contributed by atoms with Crippen LogP contribution in [0.15, 0.2) is 0 Å². The first-order valence-electron chi connectivity index (χ1n) is 10.3. The van der Waals surface area contributed by atoms with Crippen molar-refractivity contribution in [1.29, 1.82) is 0 Å². The Morgan fingerprint density at radius 3 is 2.50 bits per heavy atom. The van der Waals surface area contributed by atoms with E-state index in [1.165, 1.54) is 0 Å². The minimum atomic E-state index is -2.12. The SMILES string of the molecule is O=C(NC(F)CCC1CCCC(C[P+](=O)O)C1)OCOC(=O)C1CCCCC1. The molecule has 4 atom stereocenters. The Morgan fingerprint density at radius 2 is 1.79 bits per heavy atom.